The monoisotopic (exact) mass is 272 g/mol. The van der Waals surface area contributed by atoms with Crippen molar-refractivity contribution in [2.24, 2.45) is 7.05 Å². The predicted octanol–water partition coefficient (Wildman–Crippen LogP) is 1.46. The minimum Gasteiger partial charge on any atom is -0.378 e. The highest BCUT2D eigenvalue weighted by Crippen LogP contribution is 2.12. The van der Waals surface area contributed by atoms with E-state index in [1.807, 2.05) is 61.1 Å². The number of rotatable bonds is 5. The summed E-state index contributed by atoms with van der Waals surface area (Å²) in [5.74, 6) is -0.0498. The van der Waals surface area contributed by atoms with Gasteiger partial charge in [-0.1, -0.05) is 0 Å². The van der Waals surface area contributed by atoms with Gasteiger partial charge in [-0.3, -0.25) is 4.79 Å². The SMILES string of the molecule is CN(C)c1ccc(C(=O)NCCc2cn(C)cn2)cc1. The standard InChI is InChI=1S/C15H20N4O/c1-18(2)14-6-4-12(5-7-14)15(20)16-9-8-13-10-19(3)11-17-13/h4-7,10-11H,8-9H2,1-3H3,(H,16,20). The van der Waals surface area contributed by atoms with Crippen molar-refractivity contribution in [3.8, 4) is 0 Å². The summed E-state index contributed by atoms with van der Waals surface area (Å²) in [5.41, 5.74) is 2.74. The van der Waals surface area contributed by atoms with Gasteiger partial charge in [0.05, 0.1) is 12.0 Å². The van der Waals surface area contributed by atoms with E-state index in [2.05, 4.69) is 10.3 Å². The number of anilines is 1. The average molecular weight is 272 g/mol. The van der Waals surface area contributed by atoms with E-state index in [4.69, 9.17) is 0 Å². The summed E-state index contributed by atoms with van der Waals surface area (Å²) < 4.78 is 1.90. The van der Waals surface area contributed by atoms with Crippen LogP contribution in [0.2, 0.25) is 0 Å². The molecule has 2 rings (SSSR count). The molecule has 2 aromatic rings. The zero-order valence-electron chi connectivity index (χ0n) is 12.1. The molecule has 0 atom stereocenters. The molecule has 0 radical (unpaired) electrons. The normalized spacial score (nSPS) is 10.3. The Bertz CT molecular complexity index is 572. The molecule has 0 saturated heterocycles. The van der Waals surface area contributed by atoms with Gasteiger partial charge in [0, 0.05) is 51.6 Å². The fourth-order valence-electron chi connectivity index (χ4n) is 1.91. The van der Waals surface area contributed by atoms with Crippen molar-refractivity contribution in [3.05, 3.63) is 48.0 Å². The van der Waals surface area contributed by atoms with Crippen LogP contribution in [0.4, 0.5) is 5.69 Å². The van der Waals surface area contributed by atoms with Crippen molar-refractivity contribution in [3.63, 3.8) is 0 Å². The van der Waals surface area contributed by atoms with Crippen molar-refractivity contribution in [1.82, 2.24) is 14.9 Å². The van der Waals surface area contributed by atoms with Crippen LogP contribution in [0.1, 0.15) is 16.1 Å². The molecule has 0 aliphatic carbocycles. The largest absolute Gasteiger partial charge is 0.378 e. The van der Waals surface area contributed by atoms with Gasteiger partial charge in [-0.15, -0.1) is 0 Å². The molecule has 1 aromatic carbocycles. The van der Waals surface area contributed by atoms with Crippen molar-refractivity contribution in [2.75, 3.05) is 25.5 Å². The Kier molecular flexibility index (Phi) is 4.40. The number of carbonyl (C=O) groups excluding carboxylic acids is 1. The van der Waals surface area contributed by atoms with Gasteiger partial charge in [0.1, 0.15) is 0 Å². The second-order valence-corrected chi connectivity index (χ2v) is 4.98. The van der Waals surface area contributed by atoms with E-state index >= 15 is 0 Å². The number of amides is 1. The van der Waals surface area contributed by atoms with Crippen LogP contribution >= 0.6 is 0 Å². The highest BCUT2D eigenvalue weighted by Gasteiger charge is 2.05. The molecule has 5 nitrogen and oxygen atoms in total. The fourth-order valence-corrected chi connectivity index (χ4v) is 1.91. The summed E-state index contributed by atoms with van der Waals surface area (Å²) in [7, 11) is 5.88. The van der Waals surface area contributed by atoms with Gasteiger partial charge >= 0.3 is 0 Å². The van der Waals surface area contributed by atoms with Crippen molar-refractivity contribution in [1.29, 1.82) is 0 Å². The minimum absolute atomic E-state index is 0.0498. The second kappa shape index (κ2) is 6.23. The van der Waals surface area contributed by atoms with Crippen LogP contribution in [0.3, 0.4) is 0 Å². The average Bonchev–Trinajstić information content (AvgIpc) is 2.84. The zero-order chi connectivity index (χ0) is 14.5. The summed E-state index contributed by atoms with van der Waals surface area (Å²) in [4.78, 5) is 18.2. The van der Waals surface area contributed by atoms with Crippen molar-refractivity contribution < 1.29 is 4.79 Å². The lowest BCUT2D eigenvalue weighted by molar-refractivity contribution is 0.0954. The quantitative estimate of drug-likeness (QED) is 0.896. The Morgan fingerprint density at radius 3 is 2.55 bits per heavy atom. The maximum atomic E-state index is 12.0. The Balaban J connectivity index is 1.85. The lowest BCUT2D eigenvalue weighted by Gasteiger charge is -2.12. The molecule has 0 aliphatic heterocycles. The van der Waals surface area contributed by atoms with Gasteiger partial charge < -0.3 is 14.8 Å². The summed E-state index contributed by atoms with van der Waals surface area (Å²) in [6.07, 6.45) is 4.46. The molecule has 106 valence electrons. The van der Waals surface area contributed by atoms with Gasteiger partial charge in [-0.2, -0.15) is 0 Å². The van der Waals surface area contributed by atoms with E-state index < -0.39 is 0 Å². The summed E-state index contributed by atoms with van der Waals surface area (Å²) in [6, 6.07) is 7.55. The van der Waals surface area contributed by atoms with Crippen LogP contribution in [-0.2, 0) is 13.5 Å². The lowest BCUT2D eigenvalue weighted by atomic mass is 10.2. The molecule has 1 N–H and O–H groups in total. The molecule has 0 fully saturated rings. The Labute approximate surface area is 119 Å². The van der Waals surface area contributed by atoms with Gasteiger partial charge in [0.25, 0.3) is 5.91 Å². The maximum absolute atomic E-state index is 12.0. The van der Waals surface area contributed by atoms with E-state index in [-0.39, 0.29) is 5.91 Å². The highest BCUT2D eigenvalue weighted by molar-refractivity contribution is 5.94. The molecular weight excluding hydrogens is 252 g/mol. The van der Waals surface area contributed by atoms with E-state index in [1.54, 1.807) is 6.33 Å². The van der Waals surface area contributed by atoms with Gasteiger partial charge in [0.2, 0.25) is 0 Å². The third-order valence-corrected chi connectivity index (χ3v) is 3.07. The first kappa shape index (κ1) is 14.1. The molecule has 0 saturated carbocycles. The van der Waals surface area contributed by atoms with Crippen LogP contribution in [-0.4, -0.2) is 36.1 Å². The maximum Gasteiger partial charge on any atom is 0.251 e. The number of nitrogens with zero attached hydrogens (tertiary/aromatic N) is 3. The number of imidazole rings is 1. The number of aromatic nitrogens is 2. The first-order valence-electron chi connectivity index (χ1n) is 6.58. The first-order chi connectivity index (χ1) is 9.56. The van der Waals surface area contributed by atoms with E-state index in [1.165, 1.54) is 0 Å². The molecule has 0 spiro atoms. The van der Waals surface area contributed by atoms with Crippen LogP contribution in [0.15, 0.2) is 36.8 Å². The van der Waals surface area contributed by atoms with E-state index in [0.717, 1.165) is 17.8 Å². The first-order valence-corrected chi connectivity index (χ1v) is 6.58. The molecule has 5 heteroatoms. The van der Waals surface area contributed by atoms with E-state index in [0.29, 0.717) is 12.1 Å². The number of carbonyl (C=O) groups is 1. The molecule has 1 amide bonds. The van der Waals surface area contributed by atoms with Crippen LogP contribution < -0.4 is 10.2 Å². The number of benzene rings is 1. The van der Waals surface area contributed by atoms with Crippen molar-refractivity contribution in [2.45, 2.75) is 6.42 Å². The number of hydrogen-bond acceptors (Lipinski definition) is 3. The molecular formula is C15H20N4O. The topological polar surface area (TPSA) is 50.2 Å². The summed E-state index contributed by atoms with van der Waals surface area (Å²) >= 11 is 0. The number of hydrogen-bond donors (Lipinski definition) is 1. The second-order valence-electron chi connectivity index (χ2n) is 4.98. The molecule has 1 aromatic heterocycles. The van der Waals surface area contributed by atoms with Crippen LogP contribution in [0.5, 0.6) is 0 Å². The van der Waals surface area contributed by atoms with Crippen LogP contribution in [0.25, 0.3) is 0 Å². The summed E-state index contributed by atoms with van der Waals surface area (Å²) in [6.45, 7) is 0.589. The van der Waals surface area contributed by atoms with Gasteiger partial charge in [-0.25, -0.2) is 4.98 Å². The molecule has 0 unspecified atom stereocenters. The lowest BCUT2D eigenvalue weighted by Crippen LogP contribution is -2.25. The molecule has 0 aliphatic rings. The number of nitrogens with one attached hydrogen (secondary N) is 1. The molecule has 20 heavy (non-hydrogen) atoms. The van der Waals surface area contributed by atoms with Crippen molar-refractivity contribution >= 4 is 11.6 Å². The minimum atomic E-state index is -0.0498. The molecule has 0 bridgehead atoms. The Morgan fingerprint density at radius 2 is 2.00 bits per heavy atom. The zero-order valence-corrected chi connectivity index (χ0v) is 12.1. The Hall–Kier alpha value is -2.30. The van der Waals surface area contributed by atoms with E-state index in [9.17, 15) is 4.79 Å². The summed E-state index contributed by atoms with van der Waals surface area (Å²) in [5, 5.41) is 2.90. The third kappa shape index (κ3) is 3.60. The van der Waals surface area contributed by atoms with Gasteiger partial charge in [0.15, 0.2) is 0 Å². The smallest absolute Gasteiger partial charge is 0.251 e. The third-order valence-electron chi connectivity index (χ3n) is 3.07. The number of aryl methyl sites for hydroxylation is 1. The predicted molar refractivity (Wildman–Crippen MR) is 80.0 cm³/mol. The fraction of sp³-hybridized carbons (Fsp3) is 0.333. The Morgan fingerprint density at radius 1 is 1.30 bits per heavy atom. The van der Waals surface area contributed by atoms with Crippen LogP contribution in [0, 0.1) is 0 Å². The highest BCUT2D eigenvalue weighted by atomic mass is 16.1. The van der Waals surface area contributed by atoms with Gasteiger partial charge in [-0.05, 0) is 24.3 Å². The molecule has 1 heterocycles.